The van der Waals surface area contributed by atoms with Gasteiger partial charge < -0.3 is 10.3 Å². The number of nitrogens with two attached hydrogens (primary N) is 1. The third kappa shape index (κ3) is 1.86. The maximum absolute atomic E-state index is 11.4. The van der Waals surface area contributed by atoms with Gasteiger partial charge in [0.05, 0.1) is 12.1 Å². The average molecular weight is 218 g/mol. The molecule has 0 aliphatic heterocycles. The quantitative estimate of drug-likeness (QED) is 0.851. The van der Waals surface area contributed by atoms with E-state index in [-0.39, 0.29) is 5.63 Å². The molecule has 1 aromatic heterocycles. The van der Waals surface area contributed by atoms with Crippen LogP contribution in [0.4, 0.5) is 5.82 Å². The van der Waals surface area contributed by atoms with Crippen LogP contribution in [-0.2, 0) is 13.0 Å². The van der Waals surface area contributed by atoms with Crippen molar-refractivity contribution in [3.8, 4) is 0 Å². The summed E-state index contributed by atoms with van der Waals surface area (Å²) in [5.74, 6) is 0.427. The van der Waals surface area contributed by atoms with Crippen molar-refractivity contribution in [2.75, 3.05) is 5.73 Å². The summed E-state index contributed by atoms with van der Waals surface area (Å²) in [6.45, 7) is 2.37. The molecule has 0 spiro atoms. The number of hydrogen-bond donors (Lipinski definition) is 1. The molecule has 4 heteroatoms. The summed E-state index contributed by atoms with van der Waals surface area (Å²) in [6, 6.07) is 9.74. The Kier molecular flexibility index (Phi) is 2.81. The summed E-state index contributed by atoms with van der Waals surface area (Å²) >= 11 is 0. The lowest BCUT2D eigenvalue weighted by Gasteiger charge is -2.03. The minimum absolute atomic E-state index is 0.337. The third-order valence-corrected chi connectivity index (χ3v) is 2.54. The average Bonchev–Trinajstić information content (AvgIpc) is 2.55. The van der Waals surface area contributed by atoms with E-state index in [1.807, 2.05) is 37.3 Å². The highest BCUT2D eigenvalue weighted by Crippen LogP contribution is 2.11. The van der Waals surface area contributed by atoms with E-state index in [4.69, 9.17) is 10.3 Å². The molecule has 0 radical (unpaired) electrons. The largest absolute Gasteiger partial charge is 0.382 e. The first kappa shape index (κ1) is 10.5. The molecule has 0 bridgehead atoms. The SMILES string of the molecule is CCc1c(N)n(Cc2ccccc2)oc1=O. The molecule has 2 N–H and O–H groups in total. The molecule has 0 amide bonds. The second kappa shape index (κ2) is 4.26. The van der Waals surface area contributed by atoms with Gasteiger partial charge >= 0.3 is 5.63 Å². The van der Waals surface area contributed by atoms with Crippen molar-refractivity contribution in [2.24, 2.45) is 0 Å². The van der Waals surface area contributed by atoms with Crippen LogP contribution in [0.3, 0.4) is 0 Å². The topological polar surface area (TPSA) is 61.2 Å². The zero-order valence-corrected chi connectivity index (χ0v) is 9.14. The number of hydrogen-bond acceptors (Lipinski definition) is 3. The first-order chi connectivity index (χ1) is 7.72. The van der Waals surface area contributed by atoms with Gasteiger partial charge in [-0.05, 0) is 12.0 Å². The Hall–Kier alpha value is -1.97. The first-order valence-electron chi connectivity index (χ1n) is 5.24. The van der Waals surface area contributed by atoms with Gasteiger partial charge in [0.15, 0.2) is 0 Å². The van der Waals surface area contributed by atoms with Crippen molar-refractivity contribution in [1.29, 1.82) is 0 Å². The van der Waals surface area contributed by atoms with Gasteiger partial charge in [0.25, 0.3) is 0 Å². The highest BCUT2D eigenvalue weighted by atomic mass is 16.5. The summed E-state index contributed by atoms with van der Waals surface area (Å²) in [5, 5.41) is 0. The molecule has 0 aliphatic rings. The lowest BCUT2D eigenvalue weighted by atomic mass is 10.2. The van der Waals surface area contributed by atoms with Gasteiger partial charge in [-0.2, -0.15) is 4.74 Å². The first-order valence-corrected chi connectivity index (χ1v) is 5.24. The minimum atomic E-state index is -0.337. The number of nitrogens with zero attached hydrogens (tertiary/aromatic N) is 1. The monoisotopic (exact) mass is 218 g/mol. The van der Waals surface area contributed by atoms with E-state index in [1.54, 1.807) is 0 Å². The molecule has 0 fully saturated rings. The van der Waals surface area contributed by atoms with E-state index < -0.39 is 0 Å². The fraction of sp³-hybridized carbons (Fsp3) is 0.250. The summed E-state index contributed by atoms with van der Waals surface area (Å²) in [7, 11) is 0. The smallest absolute Gasteiger partial charge is 0.362 e. The van der Waals surface area contributed by atoms with E-state index in [9.17, 15) is 4.79 Å². The second-order valence-corrected chi connectivity index (χ2v) is 3.62. The van der Waals surface area contributed by atoms with Gasteiger partial charge in [0.2, 0.25) is 0 Å². The Balaban J connectivity index is 2.33. The van der Waals surface area contributed by atoms with Gasteiger partial charge in [-0.3, -0.25) is 0 Å². The van der Waals surface area contributed by atoms with Gasteiger partial charge in [-0.25, -0.2) is 4.79 Å². The molecule has 1 heterocycles. The number of rotatable bonds is 3. The van der Waals surface area contributed by atoms with Crippen molar-refractivity contribution in [1.82, 2.24) is 4.74 Å². The Morgan fingerprint density at radius 1 is 1.31 bits per heavy atom. The van der Waals surface area contributed by atoms with E-state index in [2.05, 4.69) is 0 Å². The van der Waals surface area contributed by atoms with E-state index in [0.717, 1.165) is 5.56 Å². The van der Waals surface area contributed by atoms with Gasteiger partial charge in [-0.15, -0.1) is 0 Å². The predicted octanol–water partition coefficient (Wildman–Crippen LogP) is 1.63. The number of nitrogen functional groups attached to an aromatic ring is 1. The standard InChI is InChI=1S/C12H14N2O2/c1-2-10-11(13)14(16-12(10)15)8-9-6-4-3-5-7-9/h3-7H,2,8,13H2,1H3. The molecule has 0 saturated carbocycles. The summed E-state index contributed by atoms with van der Waals surface area (Å²) in [6.07, 6.45) is 0.593. The van der Waals surface area contributed by atoms with Crippen LogP contribution in [0.15, 0.2) is 39.6 Å². The molecule has 0 unspecified atom stereocenters. The molecule has 0 atom stereocenters. The Bertz CT molecular complexity index is 526. The van der Waals surface area contributed by atoms with Crippen molar-refractivity contribution in [3.63, 3.8) is 0 Å². The zero-order chi connectivity index (χ0) is 11.5. The Labute approximate surface area is 93.3 Å². The molecule has 4 nitrogen and oxygen atoms in total. The van der Waals surface area contributed by atoms with Crippen molar-refractivity contribution in [2.45, 2.75) is 19.9 Å². The molecular formula is C12H14N2O2. The number of anilines is 1. The molecule has 2 rings (SSSR count). The second-order valence-electron chi connectivity index (χ2n) is 3.62. The van der Waals surface area contributed by atoms with Crippen LogP contribution in [-0.4, -0.2) is 4.74 Å². The van der Waals surface area contributed by atoms with E-state index in [1.165, 1.54) is 4.74 Å². The van der Waals surface area contributed by atoms with Crippen LogP contribution in [0.2, 0.25) is 0 Å². The van der Waals surface area contributed by atoms with Crippen molar-refractivity contribution >= 4 is 5.82 Å². The van der Waals surface area contributed by atoms with Crippen LogP contribution in [0.5, 0.6) is 0 Å². The highest BCUT2D eigenvalue weighted by Gasteiger charge is 2.12. The molecule has 0 saturated heterocycles. The third-order valence-electron chi connectivity index (χ3n) is 2.54. The molecule has 1 aromatic carbocycles. The Morgan fingerprint density at radius 3 is 2.56 bits per heavy atom. The van der Waals surface area contributed by atoms with Crippen molar-refractivity contribution in [3.05, 3.63) is 51.9 Å². The van der Waals surface area contributed by atoms with Crippen LogP contribution >= 0.6 is 0 Å². The van der Waals surface area contributed by atoms with Crippen LogP contribution in [0.25, 0.3) is 0 Å². The molecule has 2 aromatic rings. The number of benzene rings is 1. The zero-order valence-electron chi connectivity index (χ0n) is 9.14. The molecule has 84 valence electrons. The molecular weight excluding hydrogens is 204 g/mol. The summed E-state index contributed by atoms with van der Waals surface area (Å²) in [4.78, 5) is 11.4. The van der Waals surface area contributed by atoms with Crippen LogP contribution in [0, 0.1) is 0 Å². The number of aromatic nitrogens is 1. The van der Waals surface area contributed by atoms with E-state index >= 15 is 0 Å². The van der Waals surface area contributed by atoms with Crippen molar-refractivity contribution < 1.29 is 4.52 Å². The minimum Gasteiger partial charge on any atom is -0.382 e. The van der Waals surface area contributed by atoms with Gasteiger partial charge in [0.1, 0.15) is 5.82 Å². The van der Waals surface area contributed by atoms with E-state index in [0.29, 0.717) is 24.3 Å². The van der Waals surface area contributed by atoms with Crippen LogP contribution < -0.4 is 11.4 Å². The maximum atomic E-state index is 11.4. The molecule has 0 aliphatic carbocycles. The molecule has 16 heavy (non-hydrogen) atoms. The fourth-order valence-corrected chi connectivity index (χ4v) is 1.65. The lowest BCUT2D eigenvalue weighted by molar-refractivity contribution is 0.271. The van der Waals surface area contributed by atoms with Crippen LogP contribution in [0.1, 0.15) is 18.1 Å². The predicted molar refractivity (Wildman–Crippen MR) is 62.3 cm³/mol. The fourth-order valence-electron chi connectivity index (χ4n) is 1.65. The van der Waals surface area contributed by atoms with Gasteiger partial charge in [-0.1, -0.05) is 37.3 Å². The summed E-state index contributed by atoms with van der Waals surface area (Å²) < 4.78 is 6.52. The summed E-state index contributed by atoms with van der Waals surface area (Å²) in [5.41, 5.74) is 7.10. The lowest BCUT2D eigenvalue weighted by Crippen LogP contribution is -2.04. The highest BCUT2D eigenvalue weighted by molar-refractivity contribution is 5.37. The normalized spacial score (nSPS) is 10.6. The maximum Gasteiger partial charge on any atom is 0.362 e. The Morgan fingerprint density at radius 2 is 2.00 bits per heavy atom. The van der Waals surface area contributed by atoms with Gasteiger partial charge in [0, 0.05) is 0 Å².